The van der Waals surface area contributed by atoms with Gasteiger partial charge in [-0.1, -0.05) is 6.07 Å². The van der Waals surface area contributed by atoms with Gasteiger partial charge in [0.15, 0.2) is 11.9 Å². The van der Waals surface area contributed by atoms with E-state index >= 15 is 0 Å². The number of aliphatic carboxylic acids is 1. The molecule has 0 saturated heterocycles. The molecule has 1 atom stereocenters. The lowest BCUT2D eigenvalue weighted by Gasteiger charge is -2.33. The quantitative estimate of drug-likeness (QED) is 0.321. The van der Waals surface area contributed by atoms with Crippen LogP contribution in [0.15, 0.2) is 40.8 Å². The van der Waals surface area contributed by atoms with Crippen molar-refractivity contribution in [3.05, 3.63) is 70.1 Å². The zero-order valence-corrected chi connectivity index (χ0v) is 23.6. The largest absolute Gasteiger partial charge is 0.482 e. The van der Waals surface area contributed by atoms with E-state index in [-0.39, 0.29) is 18.9 Å². The second kappa shape index (κ2) is 11.5. The number of fused-ring (bicyclic) bond motifs is 1. The molecule has 1 unspecified atom stereocenters. The Morgan fingerprint density at radius 3 is 2.39 bits per heavy atom. The fourth-order valence-corrected chi connectivity index (χ4v) is 4.73. The van der Waals surface area contributed by atoms with E-state index in [1.54, 1.807) is 45.6 Å². The van der Waals surface area contributed by atoms with Crippen molar-refractivity contribution in [3.63, 3.8) is 0 Å². The molecule has 0 fully saturated rings. The highest BCUT2D eigenvalue weighted by atomic mass is 19.4. The van der Waals surface area contributed by atoms with Gasteiger partial charge in [-0.25, -0.2) is 9.78 Å². The van der Waals surface area contributed by atoms with E-state index in [0.717, 1.165) is 28.8 Å². The first-order valence-corrected chi connectivity index (χ1v) is 13.3. The lowest BCUT2D eigenvalue weighted by atomic mass is 9.91. The summed E-state index contributed by atoms with van der Waals surface area (Å²) in [5.74, 6) is 0.259. The first kappa shape index (κ1) is 30.0. The van der Waals surface area contributed by atoms with E-state index in [0.29, 0.717) is 42.2 Å². The third-order valence-electron chi connectivity index (χ3n) is 6.69. The van der Waals surface area contributed by atoms with Crippen LogP contribution in [-0.2, 0) is 35.1 Å². The topological polar surface area (TPSA) is 102 Å². The van der Waals surface area contributed by atoms with Gasteiger partial charge in [-0.15, -0.1) is 0 Å². The summed E-state index contributed by atoms with van der Waals surface area (Å²) in [5.41, 5.74) is 2.04. The van der Waals surface area contributed by atoms with Crippen molar-refractivity contribution >= 4 is 12.1 Å². The van der Waals surface area contributed by atoms with Crippen LogP contribution in [-0.4, -0.2) is 39.2 Å². The van der Waals surface area contributed by atoms with E-state index < -0.39 is 35.5 Å². The Balaban J connectivity index is 1.59. The van der Waals surface area contributed by atoms with E-state index in [9.17, 15) is 27.9 Å². The molecule has 0 spiro atoms. The van der Waals surface area contributed by atoms with Gasteiger partial charge in [-0.2, -0.15) is 13.2 Å². The van der Waals surface area contributed by atoms with E-state index in [4.69, 9.17) is 13.9 Å². The molecule has 1 aromatic heterocycles. The summed E-state index contributed by atoms with van der Waals surface area (Å²) in [6.45, 7) is 9.55. The average molecular weight is 575 g/mol. The maximum atomic E-state index is 12.9. The number of rotatable bonds is 7. The Morgan fingerprint density at radius 2 is 1.78 bits per heavy atom. The third kappa shape index (κ3) is 7.20. The van der Waals surface area contributed by atoms with Gasteiger partial charge in [0.2, 0.25) is 5.89 Å². The number of aromatic nitrogens is 1. The van der Waals surface area contributed by atoms with E-state index in [1.807, 2.05) is 6.07 Å². The molecule has 1 amide bonds. The monoisotopic (exact) mass is 574 g/mol. The fourth-order valence-electron chi connectivity index (χ4n) is 4.73. The SMILES string of the molecule is Cc1nc(-c2ccc(C(F)(F)F)cc2)oc1C(C)Oc1ccc(CCC(=O)O)c2c1CCN(C(=O)OC(C)(C)C)C2. The minimum absolute atomic E-state index is 0.0561. The summed E-state index contributed by atoms with van der Waals surface area (Å²) < 4.78 is 56.6. The van der Waals surface area contributed by atoms with Crippen molar-refractivity contribution in [1.82, 2.24) is 9.88 Å². The highest BCUT2D eigenvalue weighted by molar-refractivity contribution is 5.70. The summed E-state index contributed by atoms with van der Waals surface area (Å²) in [6, 6.07) is 8.18. The molecule has 4 rings (SSSR count). The normalized spacial score (nSPS) is 14.4. The van der Waals surface area contributed by atoms with Crippen molar-refractivity contribution in [2.75, 3.05) is 6.54 Å². The number of hydrogen-bond acceptors (Lipinski definition) is 6. The van der Waals surface area contributed by atoms with Crippen molar-refractivity contribution in [1.29, 1.82) is 0 Å². The van der Waals surface area contributed by atoms with Gasteiger partial charge in [-0.3, -0.25) is 4.79 Å². The Bertz CT molecular complexity index is 1420. The molecule has 0 radical (unpaired) electrons. The van der Waals surface area contributed by atoms with Gasteiger partial charge in [0, 0.05) is 30.6 Å². The summed E-state index contributed by atoms with van der Waals surface area (Å²) in [7, 11) is 0. The van der Waals surface area contributed by atoms with Gasteiger partial charge in [0.1, 0.15) is 11.4 Å². The van der Waals surface area contributed by atoms with Gasteiger partial charge >= 0.3 is 18.2 Å². The fraction of sp³-hybridized carbons (Fsp3) is 0.433. The maximum Gasteiger partial charge on any atom is 0.416 e. The Labute approximate surface area is 236 Å². The first-order valence-electron chi connectivity index (χ1n) is 13.3. The van der Waals surface area contributed by atoms with Crippen LogP contribution in [0.1, 0.15) is 73.9 Å². The van der Waals surface area contributed by atoms with Crippen LogP contribution in [0.25, 0.3) is 11.5 Å². The first-order chi connectivity index (χ1) is 19.1. The Kier molecular flexibility index (Phi) is 8.37. The minimum atomic E-state index is -4.44. The summed E-state index contributed by atoms with van der Waals surface area (Å²) in [6.07, 6.45) is -4.76. The molecule has 220 valence electrons. The number of aryl methyl sites for hydroxylation is 2. The van der Waals surface area contributed by atoms with Crippen LogP contribution in [0.3, 0.4) is 0 Å². The van der Waals surface area contributed by atoms with Gasteiger partial charge in [0.25, 0.3) is 0 Å². The lowest BCUT2D eigenvalue weighted by molar-refractivity contribution is -0.138. The molecule has 3 aromatic rings. The minimum Gasteiger partial charge on any atom is -0.482 e. The molecule has 1 aliphatic heterocycles. The number of carbonyl (C=O) groups excluding carboxylic acids is 1. The van der Waals surface area contributed by atoms with Gasteiger partial charge in [-0.05, 0) is 88.9 Å². The summed E-state index contributed by atoms with van der Waals surface area (Å²) in [4.78, 5) is 30.0. The molecule has 0 bridgehead atoms. The number of halogens is 3. The van der Waals surface area contributed by atoms with Crippen molar-refractivity contribution in [3.8, 4) is 17.2 Å². The highest BCUT2D eigenvalue weighted by Gasteiger charge is 2.31. The zero-order chi connectivity index (χ0) is 30.1. The van der Waals surface area contributed by atoms with Gasteiger partial charge in [0.05, 0.1) is 11.3 Å². The molecular formula is C30H33F3N2O6. The van der Waals surface area contributed by atoms with Crippen molar-refractivity contribution in [2.24, 2.45) is 0 Å². The van der Waals surface area contributed by atoms with Crippen LogP contribution < -0.4 is 4.74 Å². The van der Waals surface area contributed by atoms with Crippen molar-refractivity contribution in [2.45, 2.75) is 78.3 Å². The number of benzene rings is 2. The Hall–Kier alpha value is -4.02. The molecule has 1 aliphatic rings. The van der Waals surface area contributed by atoms with Crippen LogP contribution in [0.2, 0.25) is 0 Å². The molecule has 8 nitrogen and oxygen atoms in total. The highest BCUT2D eigenvalue weighted by Crippen LogP contribution is 2.36. The Morgan fingerprint density at radius 1 is 1.10 bits per heavy atom. The van der Waals surface area contributed by atoms with E-state index in [1.165, 1.54) is 12.1 Å². The summed E-state index contributed by atoms with van der Waals surface area (Å²) in [5, 5.41) is 9.23. The number of carbonyl (C=O) groups is 2. The molecule has 2 aromatic carbocycles. The zero-order valence-electron chi connectivity index (χ0n) is 23.6. The molecule has 0 saturated carbocycles. The van der Waals surface area contributed by atoms with Gasteiger partial charge < -0.3 is 23.9 Å². The smallest absolute Gasteiger partial charge is 0.416 e. The number of oxazole rings is 1. The van der Waals surface area contributed by atoms with Crippen molar-refractivity contribution < 1.29 is 41.8 Å². The number of nitrogens with zero attached hydrogens (tertiary/aromatic N) is 2. The van der Waals surface area contributed by atoms with Crippen LogP contribution >= 0.6 is 0 Å². The number of amides is 1. The number of ether oxygens (including phenoxy) is 2. The predicted octanol–water partition coefficient (Wildman–Crippen LogP) is 7.12. The maximum absolute atomic E-state index is 12.9. The number of carboxylic acid groups (broad SMARTS) is 1. The molecular weight excluding hydrogens is 541 g/mol. The number of carboxylic acids is 1. The summed E-state index contributed by atoms with van der Waals surface area (Å²) >= 11 is 0. The molecule has 0 aliphatic carbocycles. The molecule has 11 heteroatoms. The molecule has 2 heterocycles. The van der Waals surface area contributed by atoms with Crippen LogP contribution in [0.4, 0.5) is 18.0 Å². The standard InChI is InChI=1S/C30H33F3N2O6/c1-17-26(40-27(34-17)20-6-10-21(11-7-20)30(31,32)33)18(2)39-24-12-8-19(9-13-25(36)37)23-16-35(15-14-22(23)24)28(38)41-29(3,4)5/h6-8,10-12,18H,9,13-16H2,1-5H3,(H,36,37). The second-order valence-corrected chi connectivity index (χ2v) is 11.0. The van der Waals surface area contributed by atoms with E-state index in [2.05, 4.69) is 4.98 Å². The number of hydrogen-bond donors (Lipinski definition) is 1. The average Bonchev–Trinajstić information content (AvgIpc) is 3.28. The second-order valence-electron chi connectivity index (χ2n) is 11.0. The molecule has 1 N–H and O–H groups in total. The molecule has 41 heavy (non-hydrogen) atoms. The lowest BCUT2D eigenvalue weighted by Crippen LogP contribution is -2.40. The van der Waals surface area contributed by atoms with Crippen LogP contribution in [0, 0.1) is 6.92 Å². The van der Waals surface area contributed by atoms with Crippen LogP contribution in [0.5, 0.6) is 5.75 Å². The third-order valence-corrected chi connectivity index (χ3v) is 6.69. The number of alkyl halides is 3. The predicted molar refractivity (Wildman–Crippen MR) is 143 cm³/mol.